The molecule has 0 saturated carbocycles. The highest BCUT2D eigenvalue weighted by atomic mass is 127. The van der Waals surface area contributed by atoms with E-state index in [0.717, 1.165) is 22.4 Å². The Morgan fingerprint density at radius 2 is 2.06 bits per heavy atom. The number of guanidine groups is 1. The van der Waals surface area contributed by atoms with E-state index < -0.39 is 0 Å². The van der Waals surface area contributed by atoms with Gasteiger partial charge in [0.2, 0.25) is 0 Å². The summed E-state index contributed by atoms with van der Waals surface area (Å²) in [6.07, 6.45) is 7.05. The molecule has 0 spiro atoms. The number of aliphatic imine (C=N–C) groups is 1. The summed E-state index contributed by atoms with van der Waals surface area (Å²) in [6, 6.07) is 0. The van der Waals surface area contributed by atoms with Crippen LogP contribution in [-0.4, -0.2) is 33.7 Å². The lowest BCUT2D eigenvalue weighted by molar-refractivity contribution is 0.428. The highest BCUT2D eigenvalue weighted by Crippen LogP contribution is 2.12. The van der Waals surface area contributed by atoms with Crippen molar-refractivity contribution in [1.82, 2.24) is 14.7 Å². The van der Waals surface area contributed by atoms with E-state index in [4.69, 9.17) is 5.73 Å². The zero-order valence-corrected chi connectivity index (χ0v) is 12.9. The van der Waals surface area contributed by atoms with Gasteiger partial charge in [-0.05, 0) is 35.4 Å². The van der Waals surface area contributed by atoms with Crippen LogP contribution in [0, 0.1) is 3.57 Å². The largest absolute Gasteiger partial charge is 0.370 e. The first kappa shape index (κ1) is 13.6. The number of aryl methyl sites for hydroxylation is 1. The molecule has 1 saturated heterocycles. The van der Waals surface area contributed by atoms with Crippen molar-refractivity contribution < 1.29 is 0 Å². The molecule has 100 valence electrons. The van der Waals surface area contributed by atoms with Crippen LogP contribution in [0.25, 0.3) is 0 Å². The second-order valence-electron chi connectivity index (χ2n) is 4.67. The zero-order chi connectivity index (χ0) is 13.0. The minimum atomic E-state index is 0.571. The van der Waals surface area contributed by atoms with Gasteiger partial charge in [0.15, 0.2) is 5.96 Å². The number of hydrogen-bond acceptors (Lipinski definition) is 2. The number of nitrogens with two attached hydrogens (primary N) is 1. The fraction of sp³-hybridized carbons (Fsp3) is 0.667. The Labute approximate surface area is 122 Å². The monoisotopic (exact) mass is 361 g/mol. The summed E-state index contributed by atoms with van der Waals surface area (Å²) in [5.41, 5.74) is 7.06. The molecule has 0 amide bonds. The van der Waals surface area contributed by atoms with Gasteiger partial charge >= 0.3 is 0 Å². The molecular formula is C12H20IN5. The third-order valence-corrected chi connectivity index (χ3v) is 4.08. The van der Waals surface area contributed by atoms with Crippen LogP contribution in [0.4, 0.5) is 0 Å². The van der Waals surface area contributed by atoms with E-state index in [1.165, 1.54) is 25.7 Å². The van der Waals surface area contributed by atoms with E-state index in [1.54, 1.807) is 0 Å². The van der Waals surface area contributed by atoms with Crippen molar-refractivity contribution in [3.05, 3.63) is 15.5 Å². The van der Waals surface area contributed by atoms with Crippen molar-refractivity contribution in [2.24, 2.45) is 17.8 Å². The van der Waals surface area contributed by atoms with Crippen LogP contribution in [0.1, 0.15) is 31.4 Å². The lowest BCUT2D eigenvalue weighted by Gasteiger charge is -2.20. The molecule has 1 aliphatic heterocycles. The van der Waals surface area contributed by atoms with Crippen molar-refractivity contribution >= 4 is 28.6 Å². The summed E-state index contributed by atoms with van der Waals surface area (Å²) in [5, 5.41) is 4.37. The Morgan fingerprint density at radius 1 is 1.39 bits per heavy atom. The Balaban J connectivity index is 1.97. The number of hydrogen-bond donors (Lipinski definition) is 1. The quantitative estimate of drug-likeness (QED) is 0.496. The van der Waals surface area contributed by atoms with E-state index in [2.05, 4.69) is 37.6 Å². The summed E-state index contributed by atoms with van der Waals surface area (Å²) in [7, 11) is 1.92. The van der Waals surface area contributed by atoms with Gasteiger partial charge in [-0.2, -0.15) is 5.10 Å². The van der Waals surface area contributed by atoms with Crippen molar-refractivity contribution in [3.63, 3.8) is 0 Å². The smallest absolute Gasteiger partial charge is 0.191 e. The predicted octanol–water partition coefficient (Wildman–Crippen LogP) is 1.72. The molecule has 5 nitrogen and oxygen atoms in total. The topological polar surface area (TPSA) is 59.4 Å². The molecule has 6 heteroatoms. The molecule has 0 bridgehead atoms. The SMILES string of the molecule is Cn1cc(I)c(CN=C(N)N2CCCCCC2)n1. The van der Waals surface area contributed by atoms with Crippen LogP contribution < -0.4 is 5.73 Å². The van der Waals surface area contributed by atoms with Gasteiger partial charge in [-0.3, -0.25) is 4.68 Å². The van der Waals surface area contributed by atoms with E-state index in [0.29, 0.717) is 12.5 Å². The predicted molar refractivity (Wildman–Crippen MR) is 81.3 cm³/mol. The Kier molecular flexibility index (Phi) is 4.85. The van der Waals surface area contributed by atoms with E-state index in [1.807, 2.05) is 17.9 Å². The minimum absolute atomic E-state index is 0.571. The molecule has 0 atom stereocenters. The van der Waals surface area contributed by atoms with Gasteiger partial charge in [0.25, 0.3) is 0 Å². The number of rotatable bonds is 2. The molecule has 0 aromatic carbocycles. The molecule has 1 aliphatic rings. The highest BCUT2D eigenvalue weighted by Gasteiger charge is 2.11. The number of aromatic nitrogens is 2. The van der Waals surface area contributed by atoms with Gasteiger partial charge < -0.3 is 10.6 Å². The molecule has 2 heterocycles. The summed E-state index contributed by atoms with van der Waals surface area (Å²) in [5.74, 6) is 0.665. The number of likely N-dealkylation sites (tertiary alicyclic amines) is 1. The van der Waals surface area contributed by atoms with Crippen molar-refractivity contribution in [2.75, 3.05) is 13.1 Å². The van der Waals surface area contributed by atoms with Crippen LogP contribution in [0.15, 0.2) is 11.2 Å². The fourth-order valence-electron chi connectivity index (χ4n) is 2.17. The lowest BCUT2D eigenvalue weighted by Crippen LogP contribution is -2.38. The second-order valence-corrected chi connectivity index (χ2v) is 5.84. The van der Waals surface area contributed by atoms with Crippen LogP contribution in [0.2, 0.25) is 0 Å². The average Bonchev–Trinajstić information content (AvgIpc) is 2.59. The van der Waals surface area contributed by atoms with Crippen molar-refractivity contribution in [1.29, 1.82) is 0 Å². The van der Waals surface area contributed by atoms with Crippen LogP contribution in [0.3, 0.4) is 0 Å². The average molecular weight is 361 g/mol. The summed E-state index contributed by atoms with van der Waals surface area (Å²) in [6.45, 7) is 2.64. The Morgan fingerprint density at radius 3 is 2.61 bits per heavy atom. The minimum Gasteiger partial charge on any atom is -0.370 e. The maximum atomic E-state index is 6.06. The molecule has 1 fully saturated rings. The third-order valence-electron chi connectivity index (χ3n) is 3.18. The van der Waals surface area contributed by atoms with Gasteiger partial charge in [0.05, 0.1) is 15.8 Å². The van der Waals surface area contributed by atoms with Gasteiger partial charge in [0.1, 0.15) is 0 Å². The van der Waals surface area contributed by atoms with Crippen molar-refractivity contribution in [2.45, 2.75) is 32.2 Å². The van der Waals surface area contributed by atoms with E-state index >= 15 is 0 Å². The Hall–Kier alpha value is -0.790. The third kappa shape index (κ3) is 3.60. The molecule has 2 rings (SSSR count). The molecule has 0 aliphatic carbocycles. The van der Waals surface area contributed by atoms with Crippen LogP contribution in [0.5, 0.6) is 0 Å². The number of halogens is 1. The molecule has 0 unspecified atom stereocenters. The maximum Gasteiger partial charge on any atom is 0.191 e. The van der Waals surface area contributed by atoms with Crippen LogP contribution >= 0.6 is 22.6 Å². The molecule has 2 N–H and O–H groups in total. The maximum absolute atomic E-state index is 6.06. The normalized spacial score (nSPS) is 17.9. The first-order valence-electron chi connectivity index (χ1n) is 6.39. The number of nitrogens with zero attached hydrogens (tertiary/aromatic N) is 4. The van der Waals surface area contributed by atoms with E-state index in [-0.39, 0.29) is 0 Å². The first-order valence-corrected chi connectivity index (χ1v) is 7.47. The van der Waals surface area contributed by atoms with E-state index in [9.17, 15) is 0 Å². The van der Waals surface area contributed by atoms with Gasteiger partial charge in [-0.25, -0.2) is 4.99 Å². The van der Waals surface area contributed by atoms with Crippen LogP contribution in [-0.2, 0) is 13.6 Å². The summed E-state index contributed by atoms with van der Waals surface area (Å²) < 4.78 is 2.96. The van der Waals surface area contributed by atoms with Crippen molar-refractivity contribution in [3.8, 4) is 0 Å². The zero-order valence-electron chi connectivity index (χ0n) is 10.8. The molecule has 1 aromatic rings. The molecule has 18 heavy (non-hydrogen) atoms. The molecular weight excluding hydrogens is 341 g/mol. The van der Waals surface area contributed by atoms with Gasteiger partial charge in [-0.1, -0.05) is 12.8 Å². The first-order chi connectivity index (χ1) is 8.66. The fourth-order valence-corrected chi connectivity index (χ4v) is 2.85. The molecule has 1 aromatic heterocycles. The highest BCUT2D eigenvalue weighted by molar-refractivity contribution is 14.1. The standard InChI is InChI=1S/C12H20IN5/c1-17-9-10(13)11(16-17)8-15-12(14)18-6-4-2-3-5-7-18/h9H,2-8H2,1H3,(H2,14,15). The van der Waals surface area contributed by atoms with Gasteiger partial charge in [0, 0.05) is 26.3 Å². The lowest BCUT2D eigenvalue weighted by atomic mass is 10.2. The second kappa shape index (κ2) is 6.40. The Bertz CT molecular complexity index is 418. The molecule has 0 radical (unpaired) electrons. The summed E-state index contributed by atoms with van der Waals surface area (Å²) in [4.78, 5) is 6.67. The summed E-state index contributed by atoms with van der Waals surface area (Å²) >= 11 is 2.28. The van der Waals surface area contributed by atoms with Gasteiger partial charge in [-0.15, -0.1) is 0 Å².